The highest BCUT2D eigenvalue weighted by Crippen LogP contribution is 2.35. The minimum Gasteiger partial charge on any atom is -0.494 e. The average molecular weight is 505 g/mol. The quantitative estimate of drug-likeness (QED) is 0.179. The van der Waals surface area contributed by atoms with E-state index in [1.807, 2.05) is 30.3 Å². The van der Waals surface area contributed by atoms with E-state index in [0.717, 1.165) is 4.57 Å². The molecular weight excluding hydrogens is 482 g/mol. The molecule has 0 unspecified atom stereocenters. The zero-order valence-electron chi connectivity index (χ0n) is 19.6. The lowest BCUT2D eigenvalue weighted by Crippen LogP contribution is -2.82. The van der Waals surface area contributed by atoms with Crippen molar-refractivity contribution in [2.24, 2.45) is 4.99 Å². The number of hydrogen-bond acceptors (Lipinski definition) is 6. The number of fused-ring (bicyclic) bond motifs is 1. The molecule has 0 spiro atoms. The molecule has 4 rings (SSSR count). The topological polar surface area (TPSA) is 115 Å². The van der Waals surface area contributed by atoms with Gasteiger partial charge in [0.05, 0.1) is 35.2 Å². The van der Waals surface area contributed by atoms with Gasteiger partial charge in [-0.3, -0.25) is 9.36 Å². The van der Waals surface area contributed by atoms with Crippen molar-refractivity contribution in [2.75, 3.05) is 13.0 Å². The second kappa shape index (κ2) is 10.6. The van der Waals surface area contributed by atoms with Gasteiger partial charge in [0.2, 0.25) is 11.8 Å². The molecule has 0 aliphatic carbocycles. The second-order valence-electron chi connectivity index (χ2n) is 7.94. The molecule has 0 saturated heterocycles. The first-order valence-electron chi connectivity index (χ1n) is 11.0. The van der Waals surface area contributed by atoms with Crippen molar-refractivity contribution in [3.63, 3.8) is 0 Å². The number of aromatic hydroxyl groups is 1. The van der Waals surface area contributed by atoms with Crippen LogP contribution >= 0.6 is 11.6 Å². The fourth-order valence-electron chi connectivity index (χ4n) is 3.93. The Kier molecular flexibility index (Phi) is 7.28. The van der Waals surface area contributed by atoms with Gasteiger partial charge in [-0.15, -0.1) is 11.6 Å². The Balaban J connectivity index is 1.93. The van der Waals surface area contributed by atoms with Crippen LogP contribution in [0.25, 0.3) is 10.9 Å². The van der Waals surface area contributed by atoms with E-state index in [9.17, 15) is 19.5 Å². The summed E-state index contributed by atoms with van der Waals surface area (Å²) in [7, 11) is 1.27. The molecule has 0 bridgehead atoms. The maximum Gasteiger partial charge on any atom is 0.337 e. The zero-order chi connectivity index (χ0) is 25.8. The number of alkyl halides is 1. The molecular formula is C27H23ClN3O5+. The van der Waals surface area contributed by atoms with E-state index < -0.39 is 11.9 Å². The van der Waals surface area contributed by atoms with Crippen LogP contribution in [0.5, 0.6) is 5.88 Å². The molecule has 0 radical (unpaired) electrons. The lowest BCUT2D eigenvalue weighted by Gasteiger charge is -2.08. The van der Waals surface area contributed by atoms with Crippen molar-refractivity contribution in [2.45, 2.75) is 6.92 Å². The van der Waals surface area contributed by atoms with Crippen LogP contribution in [-0.2, 0) is 9.53 Å². The predicted octanol–water partition coefficient (Wildman–Crippen LogP) is 3.92. The van der Waals surface area contributed by atoms with Gasteiger partial charge in [0.25, 0.3) is 0 Å². The Labute approximate surface area is 211 Å². The third-order valence-electron chi connectivity index (χ3n) is 5.56. The maximum absolute atomic E-state index is 12.5. The van der Waals surface area contributed by atoms with Crippen LogP contribution in [-0.4, -0.2) is 46.2 Å². The standard InChI is InChI=1S/C27H22ClN3O5/c1-16(32)31-22-14-18(27(35)36-2)8-13-21(22)24(26(31)34)25(17-6-4-3-5-7-17)30-20-11-9-19(10-12-20)29-23(33)15-28/h3-14,34H,15H2,1-2H3,(H,29,33)/p+1. The number of amides is 1. The Hall–Kier alpha value is -4.27. The van der Waals surface area contributed by atoms with Gasteiger partial charge in [-0.05, 0) is 24.3 Å². The SMILES string of the molecule is COC(=O)c1ccc2c(C(=Nc3ccc([NH2+]C(=O)CCl)cc3)c3ccccc3)c(O)n(C(C)=O)c2c1. The molecule has 0 atom stereocenters. The number of carbonyl (C=O) groups is 3. The third kappa shape index (κ3) is 4.91. The van der Waals surface area contributed by atoms with Crippen LogP contribution in [0.1, 0.15) is 33.2 Å². The molecule has 0 aliphatic heterocycles. The number of rotatable bonds is 6. The summed E-state index contributed by atoms with van der Waals surface area (Å²) in [6, 6.07) is 21.0. The maximum atomic E-state index is 12.5. The summed E-state index contributed by atoms with van der Waals surface area (Å²) in [5.41, 5.74) is 3.33. The van der Waals surface area contributed by atoms with Crippen molar-refractivity contribution in [1.29, 1.82) is 0 Å². The van der Waals surface area contributed by atoms with Gasteiger partial charge in [0.15, 0.2) is 0 Å². The van der Waals surface area contributed by atoms with Crippen LogP contribution in [0.3, 0.4) is 0 Å². The van der Waals surface area contributed by atoms with Gasteiger partial charge >= 0.3 is 11.9 Å². The van der Waals surface area contributed by atoms with E-state index in [1.165, 1.54) is 25.4 Å². The first-order chi connectivity index (χ1) is 17.3. The van der Waals surface area contributed by atoms with Crippen LogP contribution in [0.2, 0.25) is 0 Å². The summed E-state index contributed by atoms with van der Waals surface area (Å²) in [6.07, 6.45) is 0. The predicted molar refractivity (Wildman–Crippen MR) is 137 cm³/mol. The van der Waals surface area contributed by atoms with Gasteiger partial charge < -0.3 is 9.84 Å². The summed E-state index contributed by atoms with van der Waals surface area (Å²) in [4.78, 5) is 41.1. The number of benzene rings is 3. The number of primary amides is 1. The van der Waals surface area contributed by atoms with Crippen molar-refractivity contribution < 1.29 is 29.5 Å². The number of carbonyl (C=O) groups excluding carboxylic acids is 3. The highest BCUT2D eigenvalue weighted by Gasteiger charge is 2.25. The zero-order valence-corrected chi connectivity index (χ0v) is 20.3. The molecule has 0 saturated carbocycles. The Bertz CT molecular complexity index is 1490. The summed E-state index contributed by atoms with van der Waals surface area (Å²) in [5, 5.41) is 13.2. The normalized spacial score (nSPS) is 11.5. The number of methoxy groups -OCH3 is 1. The van der Waals surface area contributed by atoms with Crippen molar-refractivity contribution >= 4 is 57.4 Å². The van der Waals surface area contributed by atoms with E-state index in [2.05, 4.69) is 0 Å². The van der Waals surface area contributed by atoms with Gasteiger partial charge in [-0.2, -0.15) is 0 Å². The molecule has 0 aliphatic rings. The van der Waals surface area contributed by atoms with Gasteiger partial charge in [-0.1, -0.05) is 36.4 Å². The van der Waals surface area contributed by atoms with E-state index >= 15 is 0 Å². The largest absolute Gasteiger partial charge is 0.494 e. The number of quaternary nitrogens is 1. The fourth-order valence-corrected chi connectivity index (χ4v) is 4.01. The van der Waals surface area contributed by atoms with Crippen LogP contribution in [0.4, 0.5) is 11.4 Å². The lowest BCUT2D eigenvalue weighted by molar-refractivity contribution is -0.481. The number of esters is 1. The summed E-state index contributed by atoms with van der Waals surface area (Å²) in [5.74, 6) is -1.58. The summed E-state index contributed by atoms with van der Waals surface area (Å²) in [6.45, 7) is 1.32. The molecule has 1 heterocycles. The Morgan fingerprint density at radius 1 is 1.00 bits per heavy atom. The lowest BCUT2D eigenvalue weighted by atomic mass is 10.00. The van der Waals surface area contributed by atoms with E-state index in [-0.39, 0.29) is 23.2 Å². The van der Waals surface area contributed by atoms with Gasteiger partial charge in [0, 0.05) is 30.0 Å². The smallest absolute Gasteiger partial charge is 0.337 e. The molecule has 1 aromatic heterocycles. The third-order valence-corrected chi connectivity index (χ3v) is 5.82. The van der Waals surface area contributed by atoms with Gasteiger partial charge in [-0.25, -0.2) is 19.9 Å². The fraction of sp³-hybridized carbons (Fsp3) is 0.111. The van der Waals surface area contributed by atoms with Crippen molar-refractivity contribution in [3.8, 4) is 5.88 Å². The molecule has 9 heteroatoms. The molecule has 8 nitrogen and oxygen atoms in total. The molecule has 4 aromatic rings. The number of ether oxygens (including phenoxy) is 1. The minimum absolute atomic E-state index is 0.102. The molecule has 0 fully saturated rings. The molecule has 3 aromatic carbocycles. The summed E-state index contributed by atoms with van der Waals surface area (Å²) >= 11 is 5.58. The number of nitrogens with zero attached hydrogens (tertiary/aromatic N) is 2. The Morgan fingerprint density at radius 3 is 2.31 bits per heavy atom. The number of aromatic nitrogens is 1. The van der Waals surface area contributed by atoms with E-state index in [1.54, 1.807) is 36.4 Å². The minimum atomic E-state index is -0.560. The number of halogens is 1. The first kappa shape index (κ1) is 24.8. The molecule has 1 amide bonds. The van der Waals surface area contributed by atoms with E-state index in [0.29, 0.717) is 39.1 Å². The summed E-state index contributed by atoms with van der Waals surface area (Å²) < 4.78 is 5.95. The first-order valence-corrected chi connectivity index (χ1v) is 11.5. The Morgan fingerprint density at radius 2 is 1.69 bits per heavy atom. The monoisotopic (exact) mass is 504 g/mol. The second-order valence-corrected chi connectivity index (χ2v) is 8.21. The molecule has 182 valence electrons. The number of aliphatic imine (C=N–C) groups is 1. The van der Waals surface area contributed by atoms with E-state index in [4.69, 9.17) is 21.3 Å². The number of hydrogen-bond donors (Lipinski definition) is 2. The highest BCUT2D eigenvalue weighted by molar-refractivity contribution is 6.26. The number of nitrogens with two attached hydrogens (primary N) is 1. The van der Waals surface area contributed by atoms with Gasteiger partial charge in [0.1, 0.15) is 11.6 Å². The highest BCUT2D eigenvalue weighted by atomic mass is 35.5. The molecule has 3 N–H and O–H groups in total. The average Bonchev–Trinajstić information content (AvgIpc) is 3.19. The van der Waals surface area contributed by atoms with Crippen molar-refractivity contribution in [1.82, 2.24) is 4.57 Å². The van der Waals surface area contributed by atoms with Crippen LogP contribution < -0.4 is 5.32 Å². The van der Waals surface area contributed by atoms with Crippen LogP contribution in [0, 0.1) is 0 Å². The van der Waals surface area contributed by atoms with Crippen molar-refractivity contribution in [3.05, 3.63) is 89.5 Å². The van der Waals surface area contributed by atoms with Crippen LogP contribution in [0.15, 0.2) is 77.8 Å². The molecule has 36 heavy (non-hydrogen) atoms.